The molecule has 1 saturated heterocycles. The number of imide groups is 1. The molecule has 0 aromatic heterocycles. The van der Waals surface area contributed by atoms with E-state index >= 15 is 0 Å². The van der Waals surface area contributed by atoms with Crippen molar-refractivity contribution in [3.05, 3.63) is 83.4 Å². The lowest BCUT2D eigenvalue weighted by Gasteiger charge is -2.38. The Kier molecular flexibility index (Phi) is 17.0. The Balaban J connectivity index is 0.000000929. The van der Waals surface area contributed by atoms with Crippen LogP contribution in [0, 0.1) is 12.8 Å². The molecule has 17 nitrogen and oxygen atoms in total. The SMILES string of the molecule is COc1ccc([C@H](CC(=O)O)NC(=O)[C@@H](CC(C)C)N2C(=O)N(Cc3ccc(NC(=O)Nc4ccccc4C)cc3)C3(CCCCC3)C2=O)cc1OC.NC(CO)(CO)CO. The largest absolute Gasteiger partial charge is 0.493 e. The second-order valence-electron chi connectivity index (χ2n) is 16.0. The normalized spacial score (nSPS) is 15.8. The Hall–Kier alpha value is -5.75. The fraction of sp³-hybridized carbons (Fsp3) is 0.477. The molecule has 17 heteroatoms. The first-order chi connectivity index (χ1) is 29.0. The predicted molar refractivity (Wildman–Crippen MR) is 228 cm³/mol. The van der Waals surface area contributed by atoms with Gasteiger partial charge in [-0.3, -0.25) is 14.4 Å². The number of nitrogens with two attached hydrogens (primary N) is 1. The van der Waals surface area contributed by atoms with Crippen LogP contribution >= 0.6 is 0 Å². The minimum atomic E-state index is -1.21. The summed E-state index contributed by atoms with van der Waals surface area (Å²) in [5.41, 5.74) is 6.23. The zero-order valence-corrected chi connectivity index (χ0v) is 35.5. The molecule has 3 aromatic rings. The molecular weight excluding hydrogens is 789 g/mol. The number of aliphatic hydroxyl groups is 3. The quantitative estimate of drug-likeness (QED) is 0.0873. The van der Waals surface area contributed by atoms with E-state index in [1.807, 2.05) is 45.0 Å². The lowest BCUT2D eigenvalue weighted by atomic mass is 9.80. The number of methoxy groups -OCH3 is 2. The third-order valence-electron chi connectivity index (χ3n) is 11.0. The number of aliphatic carboxylic acids is 1. The smallest absolute Gasteiger partial charge is 0.328 e. The monoisotopic (exact) mass is 848 g/mol. The lowest BCUT2D eigenvalue weighted by molar-refractivity contribution is -0.142. The molecule has 1 aliphatic carbocycles. The number of nitrogens with zero attached hydrogens (tertiary/aromatic N) is 2. The van der Waals surface area contributed by atoms with Crippen LogP contribution in [0.15, 0.2) is 66.7 Å². The van der Waals surface area contributed by atoms with Gasteiger partial charge < -0.3 is 56.5 Å². The molecule has 2 atom stereocenters. The van der Waals surface area contributed by atoms with Gasteiger partial charge in [0.05, 0.1) is 52.0 Å². The molecule has 0 bridgehead atoms. The van der Waals surface area contributed by atoms with Gasteiger partial charge in [-0.05, 0) is 79.1 Å². The minimum Gasteiger partial charge on any atom is -0.493 e. The van der Waals surface area contributed by atoms with Crippen LogP contribution in [0.5, 0.6) is 11.5 Å². The van der Waals surface area contributed by atoms with Gasteiger partial charge in [0.2, 0.25) is 5.91 Å². The van der Waals surface area contributed by atoms with Crippen molar-refractivity contribution in [1.82, 2.24) is 15.1 Å². The van der Waals surface area contributed by atoms with Gasteiger partial charge in [0.25, 0.3) is 5.91 Å². The molecule has 6 amide bonds. The van der Waals surface area contributed by atoms with Crippen molar-refractivity contribution in [2.45, 2.75) is 95.4 Å². The Bertz CT molecular complexity index is 1970. The van der Waals surface area contributed by atoms with Crippen molar-refractivity contribution in [2.75, 3.05) is 44.7 Å². The number of carboxylic acids is 1. The molecule has 5 rings (SSSR count). The second kappa shape index (κ2) is 21.7. The summed E-state index contributed by atoms with van der Waals surface area (Å²) in [6.45, 7) is 4.63. The molecule has 61 heavy (non-hydrogen) atoms. The summed E-state index contributed by atoms with van der Waals surface area (Å²) in [5, 5.41) is 43.3. The van der Waals surface area contributed by atoms with E-state index in [0.29, 0.717) is 41.3 Å². The van der Waals surface area contributed by atoms with Crippen LogP contribution < -0.4 is 31.2 Å². The standard InChI is InChI=1S/C40H49N5O8.C4H11NO3/c1-25(2)21-32(36(48)42-31(23-35(46)47)28-15-18-33(52-4)34(22-28)53-5)45-37(49)40(19-9-6-10-20-40)44(39(45)51)24-27-13-16-29(17-14-27)41-38(50)43-30-12-8-7-11-26(30)3;5-4(1-6,2-7)3-8/h7-8,11-18,22,25,31-32H,6,9-10,19-21,23-24H2,1-5H3,(H,42,48)(H,46,47)(H2,41,43,50);6-8H,1-3,5H2/t31-,32+;/m0./s1. The first kappa shape index (κ1) is 47.9. The fourth-order valence-corrected chi connectivity index (χ4v) is 7.42. The number of benzene rings is 3. The number of amides is 6. The lowest BCUT2D eigenvalue weighted by Crippen LogP contribution is -2.53. The van der Waals surface area contributed by atoms with Gasteiger partial charge in [0, 0.05) is 17.9 Å². The number of aryl methyl sites for hydroxylation is 1. The third kappa shape index (κ3) is 12.0. The molecule has 1 saturated carbocycles. The van der Waals surface area contributed by atoms with Crippen molar-refractivity contribution in [3.8, 4) is 11.5 Å². The van der Waals surface area contributed by atoms with Crippen LogP contribution in [0.25, 0.3) is 0 Å². The molecule has 2 fully saturated rings. The van der Waals surface area contributed by atoms with Gasteiger partial charge in [0.15, 0.2) is 11.5 Å². The summed E-state index contributed by atoms with van der Waals surface area (Å²) in [4.78, 5) is 70.6. The van der Waals surface area contributed by atoms with Crippen molar-refractivity contribution in [2.24, 2.45) is 11.7 Å². The summed E-state index contributed by atoms with van der Waals surface area (Å²) in [6, 6.07) is 16.3. The molecule has 0 unspecified atom stereocenters. The second-order valence-corrected chi connectivity index (χ2v) is 16.0. The Morgan fingerprint density at radius 2 is 1.49 bits per heavy atom. The molecule has 0 radical (unpaired) electrons. The maximum atomic E-state index is 14.6. The van der Waals surface area contributed by atoms with Gasteiger partial charge in [-0.25, -0.2) is 14.5 Å². The van der Waals surface area contributed by atoms with Crippen molar-refractivity contribution >= 4 is 41.2 Å². The summed E-state index contributed by atoms with van der Waals surface area (Å²) in [7, 11) is 2.94. The van der Waals surface area contributed by atoms with Crippen LogP contribution in [-0.4, -0.2) is 111 Å². The van der Waals surface area contributed by atoms with Crippen LogP contribution in [0.3, 0.4) is 0 Å². The van der Waals surface area contributed by atoms with E-state index in [2.05, 4.69) is 16.0 Å². The van der Waals surface area contributed by atoms with Gasteiger partial charge in [0.1, 0.15) is 11.6 Å². The topological polar surface area (TPSA) is 253 Å². The number of hydrogen-bond acceptors (Lipinski definition) is 11. The van der Waals surface area contributed by atoms with Gasteiger partial charge >= 0.3 is 18.0 Å². The Morgan fingerprint density at radius 3 is 2.03 bits per heavy atom. The number of carboxylic acid groups (broad SMARTS) is 1. The van der Waals surface area contributed by atoms with E-state index in [9.17, 15) is 29.1 Å². The number of carbonyl (C=O) groups is 5. The molecule has 1 heterocycles. The van der Waals surface area contributed by atoms with E-state index in [1.165, 1.54) is 14.2 Å². The van der Waals surface area contributed by atoms with Crippen molar-refractivity contribution in [3.63, 3.8) is 0 Å². The average molecular weight is 849 g/mol. The zero-order chi connectivity index (χ0) is 44.9. The minimum absolute atomic E-state index is 0.0789. The highest BCUT2D eigenvalue weighted by molar-refractivity contribution is 6.10. The van der Waals surface area contributed by atoms with Gasteiger partial charge in [-0.1, -0.05) is 69.5 Å². The van der Waals surface area contributed by atoms with Gasteiger partial charge in [-0.15, -0.1) is 0 Å². The Labute approximate surface area is 356 Å². The van der Waals surface area contributed by atoms with E-state index in [4.69, 9.17) is 30.5 Å². The first-order valence-corrected chi connectivity index (χ1v) is 20.3. The zero-order valence-electron chi connectivity index (χ0n) is 35.5. The molecular formula is C44H60N6O11. The van der Waals surface area contributed by atoms with Crippen molar-refractivity contribution < 1.29 is 53.9 Å². The number of para-hydroxylation sites is 1. The number of carbonyl (C=O) groups excluding carboxylic acids is 4. The number of urea groups is 2. The molecule has 1 spiro atoms. The Morgan fingerprint density at radius 1 is 0.869 bits per heavy atom. The molecule has 332 valence electrons. The highest BCUT2D eigenvalue weighted by atomic mass is 16.5. The van der Waals surface area contributed by atoms with Crippen molar-refractivity contribution in [1.29, 1.82) is 0 Å². The maximum Gasteiger partial charge on any atom is 0.328 e. The number of hydrogen-bond donors (Lipinski definition) is 8. The van der Waals surface area contributed by atoms with Crippen LogP contribution in [0.2, 0.25) is 0 Å². The van der Waals surface area contributed by atoms with E-state index < -0.39 is 79.2 Å². The number of anilines is 2. The van der Waals surface area contributed by atoms with E-state index in [1.54, 1.807) is 47.4 Å². The highest BCUT2D eigenvalue weighted by Gasteiger charge is 2.59. The predicted octanol–water partition coefficient (Wildman–Crippen LogP) is 4.53. The van der Waals surface area contributed by atoms with Gasteiger partial charge in [-0.2, -0.15) is 0 Å². The van der Waals surface area contributed by atoms with Crippen LogP contribution in [0.1, 0.15) is 81.5 Å². The molecule has 3 aromatic carbocycles. The number of ether oxygens (including phenoxy) is 2. The summed E-state index contributed by atoms with van der Waals surface area (Å²) < 4.78 is 10.7. The third-order valence-corrected chi connectivity index (χ3v) is 11.0. The molecule has 2 aliphatic rings. The number of nitrogens with one attached hydrogen (secondary N) is 3. The summed E-state index contributed by atoms with van der Waals surface area (Å²) in [5.74, 6) is -1.44. The summed E-state index contributed by atoms with van der Waals surface area (Å²) >= 11 is 0. The van der Waals surface area contributed by atoms with E-state index in [0.717, 1.165) is 35.3 Å². The molecule has 9 N–H and O–H groups in total. The van der Waals surface area contributed by atoms with Crippen LogP contribution in [-0.2, 0) is 20.9 Å². The molecule has 1 aliphatic heterocycles. The average Bonchev–Trinajstić information content (AvgIpc) is 3.43. The highest BCUT2D eigenvalue weighted by Crippen LogP contribution is 2.43. The maximum absolute atomic E-state index is 14.6. The number of aliphatic hydroxyl groups excluding tert-OH is 3. The number of rotatable bonds is 17. The van der Waals surface area contributed by atoms with E-state index in [-0.39, 0.29) is 18.9 Å². The fourth-order valence-electron chi connectivity index (χ4n) is 7.42. The van der Waals surface area contributed by atoms with Crippen LogP contribution in [0.4, 0.5) is 21.0 Å². The first-order valence-electron chi connectivity index (χ1n) is 20.3. The summed E-state index contributed by atoms with van der Waals surface area (Å²) in [6.07, 6.45) is 3.12.